The zero-order valence-corrected chi connectivity index (χ0v) is 6.32. The molecular weight excluding hydrogens is 136 g/mol. The largest absolute Gasteiger partial charge is 0.294 e. The number of nitrogens with two attached hydrogens (primary N) is 1. The van der Waals surface area contributed by atoms with Gasteiger partial charge in [0.2, 0.25) is 5.91 Å². The van der Waals surface area contributed by atoms with Gasteiger partial charge in [0, 0.05) is 6.42 Å². The molecule has 1 atom stereocenters. The zero-order chi connectivity index (χ0) is 7.28. The maximum atomic E-state index is 10.5. The van der Waals surface area contributed by atoms with Gasteiger partial charge in [0.05, 0.1) is 0 Å². The summed E-state index contributed by atoms with van der Waals surface area (Å²) in [6.45, 7) is 1.95. The topological polar surface area (TPSA) is 55.1 Å². The van der Waals surface area contributed by atoms with E-state index in [1.54, 1.807) is 0 Å². The number of amides is 1. The van der Waals surface area contributed by atoms with Gasteiger partial charge in [-0.05, 0) is 11.7 Å². The van der Waals surface area contributed by atoms with Crippen molar-refractivity contribution in [3.63, 3.8) is 0 Å². The highest BCUT2D eigenvalue weighted by molar-refractivity contribution is 7.80. The lowest BCUT2D eigenvalue weighted by molar-refractivity contribution is -0.121. The second-order valence-electron chi connectivity index (χ2n) is 2.06. The van der Waals surface area contributed by atoms with Crippen LogP contribution in [0.1, 0.15) is 13.3 Å². The smallest absolute Gasteiger partial charge is 0.234 e. The van der Waals surface area contributed by atoms with Crippen LogP contribution in [-0.4, -0.2) is 11.7 Å². The van der Waals surface area contributed by atoms with Crippen LogP contribution < -0.4 is 11.3 Å². The summed E-state index contributed by atoms with van der Waals surface area (Å²) in [7, 11) is 0. The highest BCUT2D eigenvalue weighted by Gasteiger charge is 2.04. The molecule has 0 fully saturated rings. The zero-order valence-electron chi connectivity index (χ0n) is 5.42. The third-order valence-electron chi connectivity index (χ3n) is 1.01. The van der Waals surface area contributed by atoms with Crippen molar-refractivity contribution in [3.8, 4) is 0 Å². The number of thiol groups is 1. The lowest BCUT2D eigenvalue weighted by Crippen LogP contribution is -2.31. The Balaban J connectivity index is 3.34. The summed E-state index contributed by atoms with van der Waals surface area (Å²) in [6.07, 6.45) is 0.458. The van der Waals surface area contributed by atoms with Crippen LogP contribution in [0.2, 0.25) is 0 Å². The van der Waals surface area contributed by atoms with Gasteiger partial charge in [-0.15, -0.1) is 0 Å². The van der Waals surface area contributed by atoms with E-state index in [4.69, 9.17) is 5.84 Å². The van der Waals surface area contributed by atoms with Crippen LogP contribution in [-0.2, 0) is 4.79 Å². The summed E-state index contributed by atoms with van der Waals surface area (Å²) in [4.78, 5) is 10.5. The molecule has 0 spiro atoms. The van der Waals surface area contributed by atoms with Gasteiger partial charge < -0.3 is 0 Å². The van der Waals surface area contributed by atoms with Crippen LogP contribution in [0.3, 0.4) is 0 Å². The Bertz CT molecular complexity index is 97.0. The van der Waals surface area contributed by atoms with Crippen molar-refractivity contribution in [1.29, 1.82) is 0 Å². The molecule has 0 bridgehead atoms. The molecule has 54 valence electrons. The Kier molecular flexibility index (Phi) is 4.53. The summed E-state index contributed by atoms with van der Waals surface area (Å²) in [5, 5.41) is 0. The van der Waals surface area contributed by atoms with Crippen LogP contribution in [0.25, 0.3) is 0 Å². The SMILES string of the molecule is C[C@H](CS)CC(=O)NN. The number of rotatable bonds is 3. The van der Waals surface area contributed by atoms with E-state index in [2.05, 4.69) is 18.1 Å². The van der Waals surface area contributed by atoms with Gasteiger partial charge in [-0.2, -0.15) is 12.6 Å². The second kappa shape index (κ2) is 4.64. The molecule has 0 saturated heterocycles. The fourth-order valence-electron chi connectivity index (χ4n) is 0.440. The predicted octanol–water partition coefficient (Wildman–Crippen LogP) is -0.0677. The lowest BCUT2D eigenvalue weighted by atomic mass is 10.1. The first-order chi connectivity index (χ1) is 4.20. The Hall–Kier alpha value is -0.220. The monoisotopic (exact) mass is 148 g/mol. The van der Waals surface area contributed by atoms with Crippen molar-refractivity contribution < 1.29 is 4.79 Å². The number of carbonyl (C=O) groups excluding carboxylic acids is 1. The fourth-order valence-corrected chi connectivity index (χ4v) is 0.569. The van der Waals surface area contributed by atoms with Crippen LogP contribution in [0, 0.1) is 5.92 Å². The average Bonchev–Trinajstić information content (AvgIpc) is 1.87. The van der Waals surface area contributed by atoms with Crippen LogP contribution >= 0.6 is 12.6 Å². The minimum Gasteiger partial charge on any atom is -0.294 e. The molecule has 0 aromatic heterocycles. The van der Waals surface area contributed by atoms with E-state index in [9.17, 15) is 4.79 Å². The maximum Gasteiger partial charge on any atom is 0.234 e. The van der Waals surface area contributed by atoms with E-state index in [1.807, 2.05) is 6.92 Å². The van der Waals surface area contributed by atoms with Crippen LogP contribution in [0.4, 0.5) is 0 Å². The highest BCUT2D eigenvalue weighted by atomic mass is 32.1. The van der Waals surface area contributed by atoms with Gasteiger partial charge >= 0.3 is 0 Å². The van der Waals surface area contributed by atoms with Crippen molar-refractivity contribution in [3.05, 3.63) is 0 Å². The van der Waals surface area contributed by atoms with E-state index in [1.165, 1.54) is 0 Å². The molecule has 3 nitrogen and oxygen atoms in total. The van der Waals surface area contributed by atoms with Crippen molar-refractivity contribution >= 4 is 18.5 Å². The van der Waals surface area contributed by atoms with Gasteiger partial charge in [0.15, 0.2) is 0 Å². The molecule has 4 heteroatoms. The van der Waals surface area contributed by atoms with Crippen molar-refractivity contribution in [1.82, 2.24) is 5.43 Å². The molecule has 0 rings (SSSR count). The standard InChI is InChI=1S/C5H12N2OS/c1-4(3-9)2-5(8)7-6/h4,9H,2-3,6H2,1H3,(H,7,8)/t4-/m0/s1. The number of hydrazine groups is 1. The maximum absolute atomic E-state index is 10.5. The molecule has 0 heterocycles. The lowest BCUT2D eigenvalue weighted by Gasteiger charge is -2.04. The predicted molar refractivity (Wildman–Crippen MR) is 40.0 cm³/mol. The quantitative estimate of drug-likeness (QED) is 0.227. The first kappa shape index (κ1) is 8.78. The number of hydrogen-bond donors (Lipinski definition) is 3. The molecule has 9 heavy (non-hydrogen) atoms. The minimum atomic E-state index is -0.128. The Morgan fingerprint density at radius 1 is 1.89 bits per heavy atom. The molecule has 0 unspecified atom stereocenters. The molecule has 0 aromatic rings. The van der Waals surface area contributed by atoms with Gasteiger partial charge in [-0.3, -0.25) is 10.2 Å². The summed E-state index contributed by atoms with van der Waals surface area (Å²) < 4.78 is 0. The molecular formula is C5H12N2OS. The number of carbonyl (C=O) groups is 1. The molecule has 1 amide bonds. The van der Waals surface area contributed by atoms with E-state index in [-0.39, 0.29) is 5.91 Å². The molecule has 0 aromatic carbocycles. The summed E-state index contributed by atoms with van der Waals surface area (Å²) >= 11 is 4.01. The van der Waals surface area contributed by atoms with Crippen molar-refractivity contribution in [2.75, 3.05) is 5.75 Å². The highest BCUT2D eigenvalue weighted by Crippen LogP contribution is 2.01. The van der Waals surface area contributed by atoms with Gasteiger partial charge in [0.25, 0.3) is 0 Å². The molecule has 0 radical (unpaired) electrons. The average molecular weight is 148 g/mol. The molecule has 0 saturated carbocycles. The van der Waals surface area contributed by atoms with E-state index < -0.39 is 0 Å². The first-order valence-electron chi connectivity index (χ1n) is 2.81. The van der Waals surface area contributed by atoms with Crippen molar-refractivity contribution in [2.24, 2.45) is 11.8 Å². The van der Waals surface area contributed by atoms with Crippen LogP contribution in [0.15, 0.2) is 0 Å². The summed E-state index contributed by atoms with van der Waals surface area (Å²) in [5.41, 5.74) is 2.06. The van der Waals surface area contributed by atoms with E-state index >= 15 is 0 Å². The Labute approximate surface area is 60.4 Å². The van der Waals surface area contributed by atoms with Gasteiger partial charge in [0.1, 0.15) is 0 Å². The minimum absolute atomic E-state index is 0.128. The first-order valence-corrected chi connectivity index (χ1v) is 3.44. The Morgan fingerprint density at radius 2 is 2.44 bits per heavy atom. The van der Waals surface area contributed by atoms with Crippen LogP contribution in [0.5, 0.6) is 0 Å². The summed E-state index contributed by atoms with van der Waals surface area (Å²) in [6, 6.07) is 0. The number of hydrogen-bond acceptors (Lipinski definition) is 3. The normalized spacial score (nSPS) is 12.8. The third-order valence-corrected chi connectivity index (χ3v) is 1.63. The van der Waals surface area contributed by atoms with Crippen molar-refractivity contribution in [2.45, 2.75) is 13.3 Å². The van der Waals surface area contributed by atoms with Gasteiger partial charge in [-0.25, -0.2) is 5.84 Å². The molecule has 0 aliphatic heterocycles. The van der Waals surface area contributed by atoms with E-state index in [0.717, 1.165) is 0 Å². The fraction of sp³-hybridized carbons (Fsp3) is 0.800. The van der Waals surface area contributed by atoms with Gasteiger partial charge in [-0.1, -0.05) is 6.92 Å². The molecule has 0 aliphatic carbocycles. The molecule has 3 N–H and O–H groups in total. The second-order valence-corrected chi connectivity index (χ2v) is 2.42. The van der Waals surface area contributed by atoms with E-state index in [0.29, 0.717) is 18.1 Å². The Morgan fingerprint density at radius 3 is 2.78 bits per heavy atom. The molecule has 0 aliphatic rings. The number of nitrogens with one attached hydrogen (secondary N) is 1. The summed E-state index contributed by atoms with van der Waals surface area (Å²) in [5.74, 6) is 5.74. The third kappa shape index (κ3) is 4.29.